The van der Waals surface area contributed by atoms with Gasteiger partial charge in [0, 0.05) is 16.4 Å². The lowest BCUT2D eigenvalue weighted by Crippen LogP contribution is -2.29. The van der Waals surface area contributed by atoms with Gasteiger partial charge in [0.2, 0.25) is 0 Å². The summed E-state index contributed by atoms with van der Waals surface area (Å²) >= 11 is 9.07. The van der Waals surface area contributed by atoms with Gasteiger partial charge in [0.25, 0.3) is 0 Å². The average molecular weight is 552 g/mol. The largest absolute Gasteiger partial charge is 0.491 e. The molecular formula is C27H23BrFN3O2S. The highest BCUT2D eigenvalue weighted by atomic mass is 79.9. The van der Waals surface area contributed by atoms with Crippen LogP contribution in [0.25, 0.3) is 11.3 Å². The van der Waals surface area contributed by atoms with Crippen LogP contribution in [-0.4, -0.2) is 16.2 Å². The first-order valence-corrected chi connectivity index (χ1v) is 12.4. The number of ether oxygens (including phenoxy) is 1. The van der Waals surface area contributed by atoms with Crippen molar-refractivity contribution in [2.45, 2.75) is 32.0 Å². The lowest BCUT2D eigenvalue weighted by Gasteiger charge is -2.26. The van der Waals surface area contributed by atoms with Crippen LogP contribution in [0.15, 0.2) is 87.9 Å². The van der Waals surface area contributed by atoms with Gasteiger partial charge in [-0.05, 0) is 92.8 Å². The predicted molar refractivity (Wildman–Crippen MR) is 142 cm³/mol. The number of hydrogen-bond acceptors (Lipinski definition) is 4. The highest BCUT2D eigenvalue weighted by Gasteiger charge is 2.42. The molecule has 8 heteroatoms. The quantitative estimate of drug-likeness (QED) is 0.255. The summed E-state index contributed by atoms with van der Waals surface area (Å²) in [6, 6.07) is 21.5. The Kier molecular flexibility index (Phi) is 6.58. The Morgan fingerprint density at radius 1 is 1.09 bits per heavy atom. The zero-order valence-corrected chi connectivity index (χ0v) is 21.5. The number of thiocarbonyl (C=S) groups is 1. The van der Waals surface area contributed by atoms with E-state index < -0.39 is 0 Å². The molecule has 2 aromatic carbocycles. The summed E-state index contributed by atoms with van der Waals surface area (Å²) in [6.07, 6.45) is 1.83. The fourth-order valence-corrected chi connectivity index (χ4v) is 4.90. The van der Waals surface area contributed by atoms with Crippen LogP contribution in [0.4, 0.5) is 10.1 Å². The van der Waals surface area contributed by atoms with E-state index >= 15 is 0 Å². The molecule has 178 valence electrons. The van der Waals surface area contributed by atoms with E-state index in [2.05, 4.69) is 26.2 Å². The maximum Gasteiger partial charge on any atom is 0.174 e. The normalized spacial score (nSPS) is 17.6. The van der Waals surface area contributed by atoms with Gasteiger partial charge in [-0.2, -0.15) is 0 Å². The molecule has 0 saturated carbocycles. The molecule has 1 aliphatic heterocycles. The SMILES string of the molecule is CC(C)Oc1ccc(N2C(=S)N[C@@H](c3ccccn3)[C@@H]2c2ccc(-c3ccc(Br)cc3F)o2)cc1. The minimum Gasteiger partial charge on any atom is -0.491 e. The van der Waals surface area contributed by atoms with Crippen molar-refractivity contribution in [2.24, 2.45) is 0 Å². The molecule has 1 N–H and O–H groups in total. The molecule has 35 heavy (non-hydrogen) atoms. The molecule has 0 bridgehead atoms. The first kappa shape index (κ1) is 23.5. The molecule has 0 radical (unpaired) electrons. The van der Waals surface area contributed by atoms with E-state index in [9.17, 15) is 4.39 Å². The molecular weight excluding hydrogens is 529 g/mol. The van der Waals surface area contributed by atoms with Crippen molar-refractivity contribution in [1.82, 2.24) is 10.3 Å². The lowest BCUT2D eigenvalue weighted by atomic mass is 10.0. The Morgan fingerprint density at radius 2 is 1.89 bits per heavy atom. The van der Waals surface area contributed by atoms with E-state index in [1.165, 1.54) is 6.07 Å². The first-order valence-electron chi connectivity index (χ1n) is 11.2. The third-order valence-corrected chi connectivity index (χ3v) is 6.51. The Morgan fingerprint density at radius 3 is 2.57 bits per heavy atom. The summed E-state index contributed by atoms with van der Waals surface area (Å²) in [5.41, 5.74) is 2.11. The van der Waals surface area contributed by atoms with E-state index in [0.717, 1.165) is 17.1 Å². The molecule has 1 saturated heterocycles. The molecule has 4 aromatic rings. The van der Waals surface area contributed by atoms with Crippen LogP contribution in [0.3, 0.4) is 0 Å². The maximum atomic E-state index is 14.6. The van der Waals surface area contributed by atoms with Crippen LogP contribution >= 0.6 is 28.1 Å². The second-order valence-corrected chi connectivity index (χ2v) is 9.79. The number of rotatable bonds is 6. The standard InChI is InChI=1S/C27H23BrFN3O2S/c1-16(2)33-19-9-7-18(8-10-19)32-26(25(31-27(32)35)22-5-3-4-14-30-22)24-13-12-23(34-24)20-11-6-17(28)15-21(20)29/h3-16,25-26H,1-2H3,(H,31,35)/t25-,26-/m0/s1. The Hall–Kier alpha value is -3.23. The summed E-state index contributed by atoms with van der Waals surface area (Å²) in [6.45, 7) is 3.98. The van der Waals surface area contributed by atoms with Gasteiger partial charge in [0.1, 0.15) is 29.1 Å². The lowest BCUT2D eigenvalue weighted by molar-refractivity contribution is 0.242. The molecule has 0 spiro atoms. The van der Waals surface area contributed by atoms with E-state index in [0.29, 0.717) is 26.7 Å². The summed E-state index contributed by atoms with van der Waals surface area (Å²) < 4.78 is 27.4. The van der Waals surface area contributed by atoms with Crippen molar-refractivity contribution in [1.29, 1.82) is 0 Å². The van der Waals surface area contributed by atoms with Crippen molar-refractivity contribution in [2.75, 3.05) is 4.90 Å². The van der Waals surface area contributed by atoms with E-state index in [1.807, 2.05) is 67.3 Å². The van der Waals surface area contributed by atoms with Gasteiger partial charge in [-0.1, -0.05) is 22.0 Å². The molecule has 5 nitrogen and oxygen atoms in total. The highest BCUT2D eigenvalue weighted by Crippen LogP contribution is 2.43. The summed E-state index contributed by atoms with van der Waals surface area (Å²) in [5.74, 6) is 1.51. The van der Waals surface area contributed by atoms with Gasteiger partial charge >= 0.3 is 0 Å². The van der Waals surface area contributed by atoms with Crippen molar-refractivity contribution in [3.8, 4) is 17.1 Å². The number of nitrogens with one attached hydrogen (secondary N) is 1. The number of benzene rings is 2. The summed E-state index contributed by atoms with van der Waals surface area (Å²) in [4.78, 5) is 6.57. The zero-order valence-electron chi connectivity index (χ0n) is 19.1. The molecule has 2 atom stereocenters. The van der Waals surface area contributed by atoms with Gasteiger partial charge in [-0.15, -0.1) is 0 Å². The van der Waals surface area contributed by atoms with Crippen LogP contribution < -0.4 is 15.0 Å². The van der Waals surface area contributed by atoms with E-state index in [-0.39, 0.29) is 24.0 Å². The molecule has 1 fully saturated rings. The molecule has 0 amide bonds. The minimum absolute atomic E-state index is 0.0807. The number of nitrogens with zero attached hydrogens (tertiary/aromatic N) is 2. The second kappa shape index (κ2) is 9.79. The average Bonchev–Trinajstić information content (AvgIpc) is 3.44. The van der Waals surface area contributed by atoms with Crippen LogP contribution in [0.2, 0.25) is 0 Å². The van der Waals surface area contributed by atoms with Crippen molar-refractivity contribution in [3.63, 3.8) is 0 Å². The molecule has 5 rings (SSSR count). The van der Waals surface area contributed by atoms with Crippen molar-refractivity contribution >= 4 is 38.9 Å². The molecule has 0 unspecified atom stereocenters. The minimum atomic E-state index is -0.362. The predicted octanol–water partition coefficient (Wildman–Crippen LogP) is 7.21. The fourth-order valence-electron chi connectivity index (χ4n) is 4.23. The van der Waals surface area contributed by atoms with Gasteiger partial charge in [0.05, 0.1) is 23.4 Å². The zero-order chi connectivity index (χ0) is 24.5. The third kappa shape index (κ3) is 4.81. The second-order valence-electron chi connectivity index (χ2n) is 8.48. The monoisotopic (exact) mass is 551 g/mol. The van der Waals surface area contributed by atoms with Gasteiger partial charge in [0.15, 0.2) is 5.11 Å². The van der Waals surface area contributed by atoms with E-state index in [4.69, 9.17) is 21.4 Å². The van der Waals surface area contributed by atoms with Gasteiger partial charge < -0.3 is 19.4 Å². The topological polar surface area (TPSA) is 50.5 Å². The Bertz CT molecular complexity index is 1340. The van der Waals surface area contributed by atoms with Crippen LogP contribution in [-0.2, 0) is 0 Å². The Labute approximate surface area is 217 Å². The fraction of sp³-hybridized carbons (Fsp3) is 0.185. The smallest absolute Gasteiger partial charge is 0.174 e. The van der Waals surface area contributed by atoms with Gasteiger partial charge in [-0.25, -0.2) is 4.39 Å². The maximum absolute atomic E-state index is 14.6. The highest BCUT2D eigenvalue weighted by molar-refractivity contribution is 9.10. The van der Waals surface area contributed by atoms with Crippen molar-refractivity contribution in [3.05, 3.63) is 101 Å². The summed E-state index contributed by atoms with van der Waals surface area (Å²) in [7, 11) is 0. The number of aromatic nitrogens is 1. The molecule has 1 aliphatic rings. The molecule has 2 aromatic heterocycles. The summed E-state index contributed by atoms with van der Waals surface area (Å²) in [5, 5.41) is 3.96. The number of furan rings is 1. The van der Waals surface area contributed by atoms with Crippen molar-refractivity contribution < 1.29 is 13.5 Å². The molecule has 0 aliphatic carbocycles. The third-order valence-electron chi connectivity index (χ3n) is 5.70. The van der Waals surface area contributed by atoms with Gasteiger partial charge in [-0.3, -0.25) is 4.98 Å². The number of halogens is 2. The van der Waals surface area contributed by atoms with Crippen LogP contribution in [0.5, 0.6) is 5.75 Å². The number of hydrogen-bond donors (Lipinski definition) is 1. The number of pyridine rings is 1. The molecule has 3 heterocycles. The first-order chi connectivity index (χ1) is 16.9. The number of anilines is 1. The Balaban J connectivity index is 1.56. The van der Waals surface area contributed by atoms with E-state index in [1.54, 1.807) is 24.4 Å². The van der Waals surface area contributed by atoms with Crippen LogP contribution in [0.1, 0.15) is 37.4 Å². The van der Waals surface area contributed by atoms with Crippen LogP contribution in [0, 0.1) is 5.82 Å².